The van der Waals surface area contributed by atoms with Gasteiger partial charge in [0.05, 0.1) is 11.2 Å². The topological polar surface area (TPSA) is 92.2 Å². The van der Waals surface area contributed by atoms with Gasteiger partial charge in [0.15, 0.2) is 0 Å². The zero-order valence-electron chi connectivity index (χ0n) is 11.5. The number of hydrogen-bond donors (Lipinski definition) is 2. The summed E-state index contributed by atoms with van der Waals surface area (Å²) < 4.78 is 0. The molecule has 1 aromatic heterocycles. The normalized spacial score (nSPS) is 10.6. The third-order valence-corrected chi connectivity index (χ3v) is 2.87. The van der Waals surface area contributed by atoms with Crippen LogP contribution in [0.15, 0.2) is 6.20 Å². The summed E-state index contributed by atoms with van der Waals surface area (Å²) >= 11 is 5.91. The molecule has 0 saturated carbocycles. The highest BCUT2D eigenvalue weighted by atomic mass is 35.5. The summed E-state index contributed by atoms with van der Waals surface area (Å²) in [7, 11) is 0. The molecule has 1 aromatic rings. The number of hydrogen-bond acceptors (Lipinski definition) is 4. The van der Waals surface area contributed by atoms with E-state index in [1.165, 1.54) is 6.20 Å². The van der Waals surface area contributed by atoms with Crippen molar-refractivity contribution < 1.29 is 14.7 Å². The maximum Gasteiger partial charge on any atom is 0.303 e. The molecule has 0 atom stereocenters. The lowest BCUT2D eigenvalue weighted by molar-refractivity contribution is -0.137. The second kappa shape index (κ2) is 7.79. The summed E-state index contributed by atoms with van der Waals surface area (Å²) in [4.78, 5) is 30.5. The standard InChI is InChI=1S/C13H18ClN3O3/c1-8(2)12-16-7-9(14)11(17-12)13(20)15-6-4-3-5-10(18)19/h7-8H,3-6H2,1-2H3,(H,15,20)(H,18,19). The fraction of sp³-hybridized carbons (Fsp3) is 0.538. The fourth-order valence-corrected chi connectivity index (χ4v) is 1.68. The van der Waals surface area contributed by atoms with Gasteiger partial charge in [0.2, 0.25) is 0 Å². The predicted molar refractivity (Wildman–Crippen MR) is 75.0 cm³/mol. The van der Waals surface area contributed by atoms with Crippen molar-refractivity contribution in [3.05, 3.63) is 22.7 Å². The first-order chi connectivity index (χ1) is 9.41. The molecule has 0 saturated heterocycles. The Hall–Kier alpha value is -1.69. The number of carboxylic acids is 1. The molecule has 0 aliphatic carbocycles. The van der Waals surface area contributed by atoms with Crippen LogP contribution in [0.25, 0.3) is 0 Å². The molecular formula is C13H18ClN3O3. The average molecular weight is 300 g/mol. The van der Waals surface area contributed by atoms with Crippen LogP contribution in [0.5, 0.6) is 0 Å². The van der Waals surface area contributed by atoms with E-state index in [-0.39, 0.29) is 29.0 Å². The molecule has 0 bridgehead atoms. The van der Waals surface area contributed by atoms with E-state index in [4.69, 9.17) is 16.7 Å². The van der Waals surface area contributed by atoms with Crippen molar-refractivity contribution in [3.8, 4) is 0 Å². The number of nitrogens with one attached hydrogen (secondary N) is 1. The third-order valence-electron chi connectivity index (χ3n) is 2.60. The Kier molecular flexibility index (Phi) is 6.38. The van der Waals surface area contributed by atoms with Crippen molar-refractivity contribution in [2.75, 3.05) is 6.54 Å². The lowest BCUT2D eigenvalue weighted by Crippen LogP contribution is -2.26. The first-order valence-electron chi connectivity index (χ1n) is 6.44. The summed E-state index contributed by atoms with van der Waals surface area (Å²) in [5.74, 6) is -0.536. The zero-order chi connectivity index (χ0) is 15.1. The first-order valence-corrected chi connectivity index (χ1v) is 6.82. The van der Waals surface area contributed by atoms with Crippen LogP contribution in [0.3, 0.4) is 0 Å². The number of rotatable bonds is 7. The molecule has 0 spiro atoms. The van der Waals surface area contributed by atoms with Crippen LogP contribution in [0, 0.1) is 0 Å². The molecular weight excluding hydrogens is 282 g/mol. The monoisotopic (exact) mass is 299 g/mol. The highest BCUT2D eigenvalue weighted by Gasteiger charge is 2.15. The molecule has 0 aromatic carbocycles. The van der Waals surface area contributed by atoms with Gasteiger partial charge in [0.25, 0.3) is 5.91 Å². The van der Waals surface area contributed by atoms with Gasteiger partial charge in [-0.05, 0) is 12.8 Å². The lowest BCUT2D eigenvalue weighted by atomic mass is 10.2. The Morgan fingerprint density at radius 1 is 1.40 bits per heavy atom. The number of aliphatic carboxylic acids is 1. The average Bonchev–Trinajstić information content (AvgIpc) is 2.37. The third kappa shape index (κ3) is 5.13. The van der Waals surface area contributed by atoms with Crippen molar-refractivity contribution in [2.45, 2.75) is 39.0 Å². The molecule has 7 heteroatoms. The Balaban J connectivity index is 2.54. The number of aromatic nitrogens is 2. The van der Waals surface area contributed by atoms with Gasteiger partial charge in [0.1, 0.15) is 11.5 Å². The summed E-state index contributed by atoms with van der Waals surface area (Å²) in [5.41, 5.74) is 0.156. The number of nitrogens with zero attached hydrogens (tertiary/aromatic N) is 2. The van der Waals surface area contributed by atoms with Gasteiger partial charge in [0, 0.05) is 18.9 Å². The lowest BCUT2D eigenvalue weighted by Gasteiger charge is -2.08. The molecule has 0 aliphatic rings. The van der Waals surface area contributed by atoms with E-state index in [1.54, 1.807) is 0 Å². The summed E-state index contributed by atoms with van der Waals surface area (Å²) in [6.07, 6.45) is 2.63. The largest absolute Gasteiger partial charge is 0.481 e. The molecule has 0 aliphatic heterocycles. The number of carbonyl (C=O) groups excluding carboxylic acids is 1. The predicted octanol–water partition coefficient (Wildman–Crippen LogP) is 2.24. The van der Waals surface area contributed by atoms with Crippen LogP contribution in [-0.4, -0.2) is 33.5 Å². The van der Waals surface area contributed by atoms with Gasteiger partial charge in [-0.3, -0.25) is 9.59 Å². The minimum absolute atomic E-state index is 0.0988. The maximum absolute atomic E-state index is 11.9. The highest BCUT2D eigenvalue weighted by molar-refractivity contribution is 6.33. The Morgan fingerprint density at radius 2 is 2.10 bits per heavy atom. The molecule has 0 unspecified atom stereocenters. The Morgan fingerprint density at radius 3 is 2.70 bits per heavy atom. The van der Waals surface area contributed by atoms with Crippen molar-refractivity contribution >= 4 is 23.5 Å². The van der Waals surface area contributed by atoms with E-state index in [1.807, 2.05) is 13.8 Å². The van der Waals surface area contributed by atoms with Crippen LogP contribution in [-0.2, 0) is 4.79 Å². The van der Waals surface area contributed by atoms with Gasteiger partial charge < -0.3 is 10.4 Å². The summed E-state index contributed by atoms with van der Waals surface area (Å²) in [6, 6.07) is 0. The van der Waals surface area contributed by atoms with Crippen molar-refractivity contribution in [1.29, 1.82) is 0 Å². The van der Waals surface area contributed by atoms with Gasteiger partial charge in [-0.2, -0.15) is 0 Å². The van der Waals surface area contributed by atoms with E-state index in [0.717, 1.165) is 0 Å². The molecule has 0 fully saturated rings. The van der Waals surface area contributed by atoms with Gasteiger partial charge in [-0.25, -0.2) is 9.97 Å². The van der Waals surface area contributed by atoms with E-state index < -0.39 is 5.97 Å². The molecule has 110 valence electrons. The smallest absolute Gasteiger partial charge is 0.303 e. The quantitative estimate of drug-likeness (QED) is 0.753. The number of carbonyl (C=O) groups is 2. The van der Waals surface area contributed by atoms with Gasteiger partial charge >= 0.3 is 5.97 Å². The van der Waals surface area contributed by atoms with Gasteiger partial charge in [-0.15, -0.1) is 0 Å². The van der Waals surface area contributed by atoms with Crippen LogP contribution < -0.4 is 5.32 Å². The van der Waals surface area contributed by atoms with E-state index in [0.29, 0.717) is 25.2 Å². The van der Waals surface area contributed by atoms with Crippen LogP contribution >= 0.6 is 11.6 Å². The summed E-state index contributed by atoms with van der Waals surface area (Å²) in [6.45, 7) is 4.25. The molecule has 20 heavy (non-hydrogen) atoms. The number of halogens is 1. The summed E-state index contributed by atoms with van der Waals surface area (Å²) in [5, 5.41) is 11.4. The van der Waals surface area contributed by atoms with Crippen LogP contribution in [0.4, 0.5) is 0 Å². The molecule has 6 nitrogen and oxygen atoms in total. The highest BCUT2D eigenvalue weighted by Crippen LogP contribution is 2.16. The number of carboxylic acid groups (broad SMARTS) is 1. The SMILES string of the molecule is CC(C)c1ncc(Cl)c(C(=O)NCCCCC(=O)O)n1. The minimum atomic E-state index is -0.836. The van der Waals surface area contributed by atoms with E-state index in [9.17, 15) is 9.59 Å². The second-order valence-electron chi connectivity index (χ2n) is 4.69. The van der Waals surface area contributed by atoms with Crippen molar-refractivity contribution in [1.82, 2.24) is 15.3 Å². The van der Waals surface area contributed by atoms with Crippen LogP contribution in [0.1, 0.15) is 55.3 Å². The maximum atomic E-state index is 11.9. The molecule has 1 rings (SSSR count). The van der Waals surface area contributed by atoms with Gasteiger partial charge in [-0.1, -0.05) is 25.4 Å². The molecule has 1 heterocycles. The first kappa shape index (κ1) is 16.4. The Bertz CT molecular complexity index is 492. The minimum Gasteiger partial charge on any atom is -0.481 e. The van der Waals surface area contributed by atoms with Crippen LogP contribution in [0.2, 0.25) is 5.02 Å². The van der Waals surface area contributed by atoms with Crippen molar-refractivity contribution in [2.24, 2.45) is 0 Å². The van der Waals surface area contributed by atoms with E-state index >= 15 is 0 Å². The molecule has 1 amide bonds. The zero-order valence-corrected chi connectivity index (χ0v) is 12.3. The molecule has 0 radical (unpaired) electrons. The number of unbranched alkanes of at least 4 members (excludes halogenated alkanes) is 1. The Labute approximate surface area is 122 Å². The molecule has 2 N–H and O–H groups in total. The number of amides is 1. The van der Waals surface area contributed by atoms with Crippen molar-refractivity contribution in [3.63, 3.8) is 0 Å². The second-order valence-corrected chi connectivity index (χ2v) is 5.09. The fourth-order valence-electron chi connectivity index (χ4n) is 1.51. The van der Waals surface area contributed by atoms with E-state index in [2.05, 4.69) is 15.3 Å².